The molecular weight excluding hydrogens is 292 g/mol. The number of hydrogen-bond donors (Lipinski definition) is 2. The molecule has 1 fully saturated rings. The summed E-state index contributed by atoms with van der Waals surface area (Å²) in [6.07, 6.45) is 2.82. The molecule has 6 nitrogen and oxygen atoms in total. The quantitative estimate of drug-likeness (QED) is 0.710. The first-order valence-electron chi connectivity index (χ1n) is 7.48. The normalized spacial score (nSPS) is 17.2. The predicted molar refractivity (Wildman–Crippen MR) is 79.4 cm³/mol. The van der Waals surface area contributed by atoms with Gasteiger partial charge in [0, 0.05) is 19.8 Å². The fraction of sp³-hybridized carbons (Fsp3) is 0.714. The Labute approximate surface area is 126 Å². The average molecular weight is 316 g/mol. The lowest BCUT2D eigenvalue weighted by atomic mass is 10.0. The summed E-state index contributed by atoms with van der Waals surface area (Å²) in [7, 11) is -3.55. The highest BCUT2D eigenvalue weighted by atomic mass is 32.2. The molecule has 0 atom stereocenters. The third-order valence-corrected chi connectivity index (χ3v) is 4.83. The van der Waals surface area contributed by atoms with Gasteiger partial charge in [0.05, 0.1) is 6.54 Å². The van der Waals surface area contributed by atoms with Crippen molar-refractivity contribution in [3.63, 3.8) is 0 Å². The van der Waals surface area contributed by atoms with Crippen LogP contribution >= 0.6 is 0 Å². The number of hydrogen-bond acceptors (Lipinski definition) is 5. The smallest absolute Gasteiger partial charge is 0.273 e. The van der Waals surface area contributed by atoms with Crippen LogP contribution in [0.1, 0.15) is 31.9 Å². The average Bonchev–Trinajstić information content (AvgIpc) is 2.96. The molecule has 0 saturated carbocycles. The topological polar surface area (TPSA) is 80.6 Å². The largest absolute Gasteiger partial charge is 0.447 e. The molecule has 2 N–H and O–H groups in total. The third-order valence-electron chi connectivity index (χ3n) is 3.53. The highest BCUT2D eigenvalue weighted by Gasteiger charge is 2.21. The minimum absolute atomic E-state index is 0.0112. The van der Waals surface area contributed by atoms with Gasteiger partial charge in [-0.05, 0) is 43.9 Å². The van der Waals surface area contributed by atoms with Crippen LogP contribution in [0.2, 0.25) is 0 Å². The maximum Gasteiger partial charge on any atom is 0.273 e. The number of furan rings is 1. The standard InChI is InChI=1S/C14H24N2O4S/c1-2-7-15-11-13-3-4-14(20-13)21(17,18)16-10-12-5-8-19-9-6-12/h3-4,12,15-16H,2,5-11H2,1H3. The number of sulfonamides is 1. The Bertz CT molecular complexity index is 521. The molecule has 1 saturated heterocycles. The van der Waals surface area contributed by atoms with Crippen LogP contribution in [0, 0.1) is 5.92 Å². The van der Waals surface area contributed by atoms with Gasteiger partial charge in [0.25, 0.3) is 10.0 Å². The lowest BCUT2D eigenvalue weighted by Crippen LogP contribution is -2.32. The first-order valence-corrected chi connectivity index (χ1v) is 8.97. The first kappa shape index (κ1) is 16.5. The second kappa shape index (κ2) is 7.93. The van der Waals surface area contributed by atoms with Gasteiger partial charge in [0.1, 0.15) is 5.76 Å². The van der Waals surface area contributed by atoms with Gasteiger partial charge in [-0.3, -0.25) is 0 Å². The molecule has 120 valence electrons. The fourth-order valence-corrected chi connectivity index (χ4v) is 3.30. The predicted octanol–water partition coefficient (Wildman–Crippen LogP) is 1.48. The molecule has 2 rings (SSSR count). The maximum atomic E-state index is 12.2. The second-order valence-corrected chi connectivity index (χ2v) is 7.00. The molecule has 1 aliphatic heterocycles. The molecule has 0 radical (unpaired) electrons. The molecule has 21 heavy (non-hydrogen) atoms. The molecule has 0 amide bonds. The van der Waals surface area contributed by atoms with E-state index in [1.807, 2.05) is 0 Å². The monoisotopic (exact) mass is 316 g/mol. The lowest BCUT2D eigenvalue weighted by Gasteiger charge is -2.21. The lowest BCUT2D eigenvalue weighted by molar-refractivity contribution is 0.0678. The molecule has 0 aliphatic carbocycles. The van der Waals surface area contributed by atoms with Crippen molar-refractivity contribution < 1.29 is 17.6 Å². The molecule has 0 aromatic carbocycles. The van der Waals surface area contributed by atoms with Crippen LogP contribution in [0.15, 0.2) is 21.6 Å². The zero-order valence-corrected chi connectivity index (χ0v) is 13.2. The van der Waals surface area contributed by atoms with Gasteiger partial charge in [-0.2, -0.15) is 0 Å². The van der Waals surface area contributed by atoms with Crippen LogP contribution in [0.3, 0.4) is 0 Å². The van der Waals surface area contributed by atoms with E-state index in [0.29, 0.717) is 38.0 Å². The summed E-state index contributed by atoms with van der Waals surface area (Å²) in [5.74, 6) is 0.976. The summed E-state index contributed by atoms with van der Waals surface area (Å²) in [6, 6.07) is 3.21. The molecule has 1 aliphatic rings. The number of ether oxygens (including phenoxy) is 1. The molecule has 1 aromatic heterocycles. The SMILES string of the molecule is CCCNCc1ccc(S(=O)(=O)NCC2CCOCC2)o1. The van der Waals surface area contributed by atoms with Crippen molar-refractivity contribution in [3.05, 3.63) is 17.9 Å². The summed E-state index contributed by atoms with van der Waals surface area (Å²) in [6.45, 7) is 5.36. The molecule has 2 heterocycles. The zero-order valence-electron chi connectivity index (χ0n) is 12.4. The highest BCUT2D eigenvalue weighted by Crippen LogP contribution is 2.17. The Morgan fingerprint density at radius 3 is 2.76 bits per heavy atom. The van der Waals surface area contributed by atoms with Crippen molar-refractivity contribution in [2.75, 3.05) is 26.3 Å². The zero-order chi connectivity index (χ0) is 15.1. The van der Waals surface area contributed by atoms with E-state index in [4.69, 9.17) is 9.15 Å². The van der Waals surface area contributed by atoms with Gasteiger partial charge >= 0.3 is 0 Å². The van der Waals surface area contributed by atoms with Gasteiger partial charge in [-0.25, -0.2) is 13.1 Å². The van der Waals surface area contributed by atoms with Crippen LogP contribution in [0.5, 0.6) is 0 Å². The Morgan fingerprint density at radius 2 is 2.05 bits per heavy atom. The van der Waals surface area contributed by atoms with Gasteiger partial charge < -0.3 is 14.5 Å². The van der Waals surface area contributed by atoms with Crippen LogP contribution in [0.4, 0.5) is 0 Å². The third kappa shape index (κ3) is 5.10. The van der Waals surface area contributed by atoms with E-state index in [1.54, 1.807) is 6.07 Å². The summed E-state index contributed by atoms with van der Waals surface area (Å²) in [5, 5.41) is 3.17. The summed E-state index contributed by atoms with van der Waals surface area (Å²) in [4.78, 5) is 0. The summed E-state index contributed by atoms with van der Waals surface area (Å²) in [5.41, 5.74) is 0. The molecule has 0 bridgehead atoms. The maximum absolute atomic E-state index is 12.2. The summed E-state index contributed by atoms with van der Waals surface area (Å²) < 4.78 is 37.6. The van der Waals surface area contributed by atoms with Crippen LogP contribution in [-0.4, -0.2) is 34.7 Å². The van der Waals surface area contributed by atoms with E-state index in [1.165, 1.54) is 6.07 Å². The van der Waals surface area contributed by atoms with Crippen LogP contribution in [0.25, 0.3) is 0 Å². The van der Waals surface area contributed by atoms with Crippen LogP contribution < -0.4 is 10.0 Å². The molecule has 7 heteroatoms. The first-order chi connectivity index (χ1) is 10.1. The van der Waals surface area contributed by atoms with E-state index >= 15 is 0 Å². The van der Waals surface area contributed by atoms with E-state index in [9.17, 15) is 8.42 Å². The minimum Gasteiger partial charge on any atom is -0.447 e. The van der Waals surface area contributed by atoms with E-state index in [0.717, 1.165) is 25.8 Å². The van der Waals surface area contributed by atoms with Crippen molar-refractivity contribution in [1.29, 1.82) is 0 Å². The van der Waals surface area contributed by atoms with Gasteiger partial charge in [-0.15, -0.1) is 0 Å². The van der Waals surface area contributed by atoms with E-state index < -0.39 is 10.0 Å². The minimum atomic E-state index is -3.55. The Kier molecular flexibility index (Phi) is 6.22. The molecule has 0 spiro atoms. The Balaban J connectivity index is 1.86. The Morgan fingerprint density at radius 1 is 1.29 bits per heavy atom. The van der Waals surface area contributed by atoms with Crippen molar-refractivity contribution in [2.45, 2.75) is 37.8 Å². The van der Waals surface area contributed by atoms with Crippen molar-refractivity contribution in [2.24, 2.45) is 5.92 Å². The molecular formula is C14H24N2O4S. The fourth-order valence-electron chi connectivity index (χ4n) is 2.24. The highest BCUT2D eigenvalue weighted by molar-refractivity contribution is 7.89. The van der Waals surface area contributed by atoms with E-state index in [2.05, 4.69) is 17.0 Å². The Hall–Kier alpha value is -0.890. The van der Waals surface area contributed by atoms with E-state index in [-0.39, 0.29) is 5.09 Å². The summed E-state index contributed by atoms with van der Waals surface area (Å²) >= 11 is 0. The number of nitrogens with one attached hydrogen (secondary N) is 2. The van der Waals surface area contributed by atoms with Crippen molar-refractivity contribution in [1.82, 2.24) is 10.0 Å². The van der Waals surface area contributed by atoms with Crippen molar-refractivity contribution in [3.8, 4) is 0 Å². The van der Waals surface area contributed by atoms with Gasteiger partial charge in [0.15, 0.2) is 0 Å². The second-order valence-electron chi connectivity index (χ2n) is 5.31. The molecule has 0 unspecified atom stereocenters. The van der Waals surface area contributed by atoms with Crippen molar-refractivity contribution >= 4 is 10.0 Å². The van der Waals surface area contributed by atoms with Gasteiger partial charge in [0.2, 0.25) is 5.09 Å². The van der Waals surface area contributed by atoms with Crippen LogP contribution in [-0.2, 0) is 21.3 Å². The molecule has 1 aromatic rings. The van der Waals surface area contributed by atoms with Gasteiger partial charge in [-0.1, -0.05) is 6.92 Å². The number of rotatable bonds is 8.